The molecule has 4 nitrogen and oxygen atoms in total. The van der Waals surface area contributed by atoms with Crippen molar-refractivity contribution in [2.24, 2.45) is 5.73 Å². The number of aromatic amines is 1. The molecule has 0 spiro atoms. The fraction of sp³-hybridized carbons (Fsp3) is 0. The van der Waals surface area contributed by atoms with Crippen LogP contribution in [0.3, 0.4) is 0 Å². The Morgan fingerprint density at radius 3 is 2.60 bits per heavy atom. The summed E-state index contributed by atoms with van der Waals surface area (Å²) in [4.78, 5) is 15.3. The molecule has 0 aliphatic rings. The van der Waals surface area contributed by atoms with E-state index in [4.69, 9.17) is 11.5 Å². The van der Waals surface area contributed by atoms with Gasteiger partial charge in [-0.25, -0.2) is 0 Å². The van der Waals surface area contributed by atoms with Crippen LogP contribution in [0.4, 0.5) is 5.69 Å². The number of benzene rings is 2. The summed E-state index contributed by atoms with van der Waals surface area (Å²) in [5.41, 5.74) is 13.2. The van der Waals surface area contributed by atoms with Gasteiger partial charge in [-0.3, -0.25) is 4.79 Å². The number of nitrogens with two attached hydrogens (primary N) is 2. The highest BCUT2D eigenvalue weighted by molar-refractivity contribution is 7.99. The first-order chi connectivity index (χ1) is 9.63. The van der Waals surface area contributed by atoms with Crippen molar-refractivity contribution in [2.75, 3.05) is 5.73 Å². The number of aromatic nitrogens is 1. The molecule has 0 saturated heterocycles. The fourth-order valence-electron chi connectivity index (χ4n) is 2.01. The molecule has 0 aliphatic heterocycles. The Labute approximate surface area is 120 Å². The minimum absolute atomic E-state index is 0.420. The molecule has 3 rings (SSSR count). The molecule has 20 heavy (non-hydrogen) atoms. The van der Waals surface area contributed by atoms with Gasteiger partial charge in [-0.2, -0.15) is 0 Å². The van der Waals surface area contributed by atoms with Crippen LogP contribution >= 0.6 is 11.8 Å². The zero-order valence-corrected chi connectivity index (χ0v) is 11.4. The van der Waals surface area contributed by atoms with E-state index in [1.165, 1.54) is 11.8 Å². The molecule has 0 fully saturated rings. The lowest BCUT2D eigenvalue weighted by Crippen LogP contribution is -2.11. The monoisotopic (exact) mass is 283 g/mol. The Balaban J connectivity index is 1.92. The Hall–Kier alpha value is -2.40. The molecule has 3 aromatic rings. The summed E-state index contributed by atoms with van der Waals surface area (Å²) in [7, 11) is 0. The van der Waals surface area contributed by atoms with Crippen molar-refractivity contribution >= 4 is 34.3 Å². The second-order valence-electron chi connectivity index (χ2n) is 4.44. The number of hydrogen-bond acceptors (Lipinski definition) is 3. The SMILES string of the molecule is NC(=O)c1ccc(Sc2cc3ccccc3[nH]2)c(N)c1. The van der Waals surface area contributed by atoms with Gasteiger partial charge in [-0.15, -0.1) is 0 Å². The number of primary amides is 1. The third-order valence-corrected chi connectivity index (χ3v) is 4.05. The number of fused-ring (bicyclic) bond motifs is 1. The van der Waals surface area contributed by atoms with E-state index < -0.39 is 5.91 Å². The van der Waals surface area contributed by atoms with Gasteiger partial charge < -0.3 is 16.5 Å². The molecule has 0 unspecified atom stereocenters. The standard InChI is InChI=1S/C15H13N3OS/c16-11-7-10(15(17)19)5-6-13(11)20-14-8-9-3-1-2-4-12(9)18-14/h1-8,18H,16H2,(H2,17,19). The van der Waals surface area contributed by atoms with E-state index in [1.807, 2.05) is 24.3 Å². The molecule has 1 heterocycles. The number of para-hydroxylation sites is 1. The second kappa shape index (κ2) is 4.94. The smallest absolute Gasteiger partial charge is 0.248 e. The lowest BCUT2D eigenvalue weighted by Gasteiger charge is -2.05. The van der Waals surface area contributed by atoms with E-state index in [-0.39, 0.29) is 0 Å². The van der Waals surface area contributed by atoms with Crippen molar-refractivity contribution in [2.45, 2.75) is 9.92 Å². The van der Waals surface area contributed by atoms with Crippen LogP contribution in [0, 0.1) is 0 Å². The third-order valence-electron chi connectivity index (χ3n) is 3.02. The predicted octanol–water partition coefficient (Wildman–Crippen LogP) is 3.00. The first-order valence-electron chi connectivity index (χ1n) is 6.08. The number of nitrogens with one attached hydrogen (secondary N) is 1. The summed E-state index contributed by atoms with van der Waals surface area (Å²) in [6.07, 6.45) is 0. The molecule has 0 saturated carbocycles. The van der Waals surface area contributed by atoms with Crippen LogP contribution in [0.15, 0.2) is 58.5 Å². The van der Waals surface area contributed by atoms with Crippen LogP contribution < -0.4 is 11.5 Å². The summed E-state index contributed by atoms with van der Waals surface area (Å²) in [6, 6.07) is 15.2. The largest absolute Gasteiger partial charge is 0.398 e. The summed E-state index contributed by atoms with van der Waals surface area (Å²) >= 11 is 1.53. The average molecular weight is 283 g/mol. The van der Waals surface area contributed by atoms with Gasteiger partial charge in [0.1, 0.15) is 0 Å². The lowest BCUT2D eigenvalue weighted by atomic mass is 10.2. The van der Waals surface area contributed by atoms with Gasteiger partial charge in [0.25, 0.3) is 0 Å². The number of carbonyl (C=O) groups is 1. The average Bonchev–Trinajstić information content (AvgIpc) is 2.83. The topological polar surface area (TPSA) is 84.9 Å². The highest BCUT2D eigenvalue weighted by Gasteiger charge is 2.08. The van der Waals surface area contributed by atoms with Crippen LogP contribution in [0.2, 0.25) is 0 Å². The maximum absolute atomic E-state index is 11.1. The number of hydrogen-bond donors (Lipinski definition) is 3. The molecular weight excluding hydrogens is 270 g/mol. The molecule has 2 aromatic carbocycles. The molecule has 0 bridgehead atoms. The van der Waals surface area contributed by atoms with E-state index in [1.54, 1.807) is 12.1 Å². The molecule has 100 valence electrons. The molecular formula is C15H13N3OS. The first-order valence-corrected chi connectivity index (χ1v) is 6.90. The third kappa shape index (κ3) is 2.35. The van der Waals surface area contributed by atoms with Crippen LogP contribution in [-0.2, 0) is 0 Å². The molecule has 0 aliphatic carbocycles. The summed E-state index contributed by atoms with van der Waals surface area (Å²) in [5.74, 6) is -0.473. The Morgan fingerprint density at radius 1 is 1.10 bits per heavy atom. The molecule has 5 heteroatoms. The van der Waals surface area contributed by atoms with Gasteiger partial charge in [-0.1, -0.05) is 30.0 Å². The molecule has 0 atom stereocenters. The van der Waals surface area contributed by atoms with Crippen LogP contribution in [-0.4, -0.2) is 10.9 Å². The van der Waals surface area contributed by atoms with Crippen LogP contribution in [0.1, 0.15) is 10.4 Å². The zero-order valence-electron chi connectivity index (χ0n) is 10.6. The first kappa shape index (κ1) is 12.6. The molecule has 5 N–H and O–H groups in total. The summed E-state index contributed by atoms with van der Waals surface area (Å²) in [5, 5.41) is 2.16. The lowest BCUT2D eigenvalue weighted by molar-refractivity contribution is 0.100. The van der Waals surface area contributed by atoms with Gasteiger partial charge in [-0.05, 0) is 30.3 Å². The van der Waals surface area contributed by atoms with Crippen molar-refractivity contribution in [3.8, 4) is 0 Å². The van der Waals surface area contributed by atoms with Crippen LogP contribution in [0.5, 0.6) is 0 Å². The predicted molar refractivity (Wildman–Crippen MR) is 81.8 cm³/mol. The van der Waals surface area contributed by atoms with Gasteiger partial charge in [0.15, 0.2) is 0 Å². The second-order valence-corrected chi connectivity index (χ2v) is 5.52. The highest BCUT2D eigenvalue weighted by atomic mass is 32.2. The number of rotatable bonds is 3. The fourth-order valence-corrected chi connectivity index (χ4v) is 2.91. The Bertz CT molecular complexity index is 762. The molecule has 0 radical (unpaired) electrons. The van der Waals surface area contributed by atoms with Gasteiger partial charge in [0.2, 0.25) is 5.91 Å². The Morgan fingerprint density at radius 2 is 1.90 bits per heavy atom. The van der Waals surface area contributed by atoms with Gasteiger partial charge in [0.05, 0.1) is 5.03 Å². The van der Waals surface area contributed by atoms with Crippen molar-refractivity contribution in [3.63, 3.8) is 0 Å². The van der Waals surface area contributed by atoms with E-state index in [0.29, 0.717) is 11.3 Å². The quantitative estimate of drug-likeness (QED) is 0.646. The van der Waals surface area contributed by atoms with Gasteiger partial charge in [0, 0.05) is 27.0 Å². The number of anilines is 1. The minimum atomic E-state index is -0.473. The number of amides is 1. The Kier molecular flexibility index (Phi) is 3.12. The van der Waals surface area contributed by atoms with Gasteiger partial charge >= 0.3 is 0 Å². The van der Waals surface area contributed by atoms with Crippen molar-refractivity contribution < 1.29 is 4.79 Å². The summed E-state index contributed by atoms with van der Waals surface area (Å²) in [6.45, 7) is 0. The molecule has 1 aromatic heterocycles. The maximum atomic E-state index is 11.1. The zero-order chi connectivity index (χ0) is 14.1. The highest BCUT2D eigenvalue weighted by Crippen LogP contribution is 2.33. The van der Waals surface area contributed by atoms with Crippen molar-refractivity contribution in [3.05, 3.63) is 54.1 Å². The summed E-state index contributed by atoms with van der Waals surface area (Å²) < 4.78 is 0. The maximum Gasteiger partial charge on any atom is 0.248 e. The number of carbonyl (C=O) groups excluding carboxylic acids is 1. The number of nitrogen functional groups attached to an aromatic ring is 1. The molecule has 1 amide bonds. The minimum Gasteiger partial charge on any atom is -0.398 e. The van der Waals surface area contributed by atoms with E-state index in [0.717, 1.165) is 20.8 Å². The van der Waals surface area contributed by atoms with Crippen molar-refractivity contribution in [1.82, 2.24) is 4.98 Å². The van der Waals surface area contributed by atoms with Crippen molar-refractivity contribution in [1.29, 1.82) is 0 Å². The van der Waals surface area contributed by atoms with E-state index in [9.17, 15) is 4.79 Å². The number of H-pyrrole nitrogens is 1. The van der Waals surface area contributed by atoms with E-state index >= 15 is 0 Å². The van der Waals surface area contributed by atoms with E-state index in [2.05, 4.69) is 17.1 Å². The van der Waals surface area contributed by atoms with Crippen LogP contribution in [0.25, 0.3) is 10.9 Å². The normalized spacial score (nSPS) is 10.8.